The minimum absolute atomic E-state index is 0.384. The summed E-state index contributed by atoms with van der Waals surface area (Å²) in [4.78, 5) is 0. The average Bonchev–Trinajstić information content (AvgIpc) is 2.88. The van der Waals surface area contributed by atoms with Crippen LogP contribution in [0.3, 0.4) is 0 Å². The molecule has 0 heterocycles. The largest absolute Gasteiger partial charge is 0.0823 e. The fourth-order valence-corrected chi connectivity index (χ4v) is 4.68. The second-order valence-corrected chi connectivity index (χ2v) is 6.73. The van der Waals surface area contributed by atoms with Crippen molar-refractivity contribution in [3.63, 3.8) is 0 Å². The smallest absolute Gasteiger partial charge is 0.0796 e. The summed E-state index contributed by atoms with van der Waals surface area (Å²) in [6.45, 7) is 4.30. The standard InChI is InChI=1S/C14H12Cl4/c1-5(2)8-6-3-4-7(8)10-9(6)11(15)13(17)14(18)12(10)16/h6-7H,3-4H2,1-2H3/t6-,7-/m1/s1. The monoisotopic (exact) mass is 320 g/mol. The summed E-state index contributed by atoms with van der Waals surface area (Å²) in [6.07, 6.45) is 2.26. The molecule has 1 aromatic carbocycles. The van der Waals surface area contributed by atoms with Gasteiger partial charge in [-0.3, -0.25) is 0 Å². The number of hydrogen-bond acceptors (Lipinski definition) is 0. The molecule has 18 heavy (non-hydrogen) atoms. The molecule has 4 heteroatoms. The van der Waals surface area contributed by atoms with Crippen LogP contribution >= 0.6 is 46.4 Å². The first kappa shape index (κ1) is 13.1. The number of allylic oxidation sites excluding steroid dienone is 2. The molecule has 0 amide bonds. The van der Waals surface area contributed by atoms with Crippen LogP contribution in [-0.4, -0.2) is 0 Å². The van der Waals surface area contributed by atoms with Crippen LogP contribution < -0.4 is 0 Å². The van der Waals surface area contributed by atoms with Crippen LogP contribution in [0.15, 0.2) is 11.1 Å². The van der Waals surface area contributed by atoms with Crippen LogP contribution in [0.4, 0.5) is 0 Å². The molecule has 2 atom stereocenters. The molecule has 2 bridgehead atoms. The molecule has 0 N–H and O–H groups in total. The second-order valence-electron chi connectivity index (χ2n) is 5.22. The Labute approximate surface area is 127 Å². The maximum Gasteiger partial charge on any atom is 0.0796 e. The van der Waals surface area contributed by atoms with Crippen LogP contribution in [0, 0.1) is 0 Å². The van der Waals surface area contributed by atoms with Crippen molar-refractivity contribution in [3.8, 4) is 0 Å². The summed E-state index contributed by atoms with van der Waals surface area (Å²) in [5.74, 6) is 0.768. The summed E-state index contributed by atoms with van der Waals surface area (Å²) in [5.41, 5.74) is 5.05. The average molecular weight is 322 g/mol. The fraction of sp³-hybridized carbons (Fsp3) is 0.429. The third-order valence-corrected chi connectivity index (χ3v) is 5.94. The summed E-state index contributed by atoms with van der Waals surface area (Å²) < 4.78 is 0. The van der Waals surface area contributed by atoms with Crippen LogP contribution in [0.5, 0.6) is 0 Å². The molecule has 0 saturated heterocycles. The molecule has 1 saturated carbocycles. The molecule has 0 radical (unpaired) electrons. The van der Waals surface area contributed by atoms with Gasteiger partial charge in [-0.15, -0.1) is 0 Å². The Morgan fingerprint density at radius 3 is 1.50 bits per heavy atom. The van der Waals surface area contributed by atoms with Gasteiger partial charge in [0.25, 0.3) is 0 Å². The van der Waals surface area contributed by atoms with E-state index in [1.807, 2.05) is 0 Å². The highest BCUT2D eigenvalue weighted by Crippen LogP contribution is 2.63. The van der Waals surface area contributed by atoms with E-state index >= 15 is 0 Å². The van der Waals surface area contributed by atoms with Crippen molar-refractivity contribution in [2.75, 3.05) is 0 Å². The van der Waals surface area contributed by atoms with Gasteiger partial charge in [-0.05, 0) is 37.8 Å². The lowest BCUT2D eigenvalue weighted by Crippen LogP contribution is -2.01. The van der Waals surface area contributed by atoms with Gasteiger partial charge in [0.2, 0.25) is 0 Å². The van der Waals surface area contributed by atoms with Gasteiger partial charge in [-0.2, -0.15) is 0 Å². The Bertz CT molecular complexity index is 537. The van der Waals surface area contributed by atoms with Crippen molar-refractivity contribution in [1.29, 1.82) is 0 Å². The number of halogens is 4. The minimum Gasteiger partial charge on any atom is -0.0823 e. The van der Waals surface area contributed by atoms with Gasteiger partial charge in [0.1, 0.15) is 0 Å². The van der Waals surface area contributed by atoms with E-state index in [2.05, 4.69) is 13.8 Å². The number of fused-ring (bicyclic) bond motifs is 5. The highest BCUT2D eigenvalue weighted by atomic mass is 35.5. The summed E-state index contributed by atoms with van der Waals surface area (Å²) >= 11 is 25.1. The van der Waals surface area contributed by atoms with E-state index in [4.69, 9.17) is 46.4 Å². The Morgan fingerprint density at radius 2 is 1.17 bits per heavy atom. The first-order valence-corrected chi connectivity index (χ1v) is 7.49. The fourth-order valence-electron chi connectivity index (χ4n) is 3.53. The lowest BCUT2D eigenvalue weighted by atomic mass is 9.91. The normalized spacial score (nSPS) is 24.7. The van der Waals surface area contributed by atoms with Crippen molar-refractivity contribution >= 4 is 46.4 Å². The van der Waals surface area contributed by atoms with Crippen LogP contribution in [0.2, 0.25) is 20.1 Å². The predicted molar refractivity (Wildman–Crippen MR) is 79.6 cm³/mol. The number of benzene rings is 1. The van der Waals surface area contributed by atoms with Crippen molar-refractivity contribution in [2.24, 2.45) is 0 Å². The highest BCUT2D eigenvalue weighted by molar-refractivity contribution is 6.52. The predicted octanol–water partition coefficient (Wildman–Crippen LogP) is 6.61. The first-order valence-electron chi connectivity index (χ1n) is 5.98. The third kappa shape index (κ3) is 1.53. The van der Waals surface area contributed by atoms with Gasteiger partial charge in [-0.25, -0.2) is 0 Å². The van der Waals surface area contributed by atoms with E-state index in [0.29, 0.717) is 31.9 Å². The quantitative estimate of drug-likeness (QED) is 0.286. The Hall–Kier alpha value is 0.120. The molecule has 3 rings (SSSR count). The maximum absolute atomic E-state index is 6.38. The molecular weight excluding hydrogens is 310 g/mol. The Kier molecular flexibility index (Phi) is 3.14. The maximum atomic E-state index is 6.38. The van der Waals surface area contributed by atoms with Crippen molar-refractivity contribution in [1.82, 2.24) is 0 Å². The minimum atomic E-state index is 0.384. The van der Waals surface area contributed by atoms with Gasteiger partial charge in [0.15, 0.2) is 0 Å². The highest BCUT2D eigenvalue weighted by Gasteiger charge is 2.45. The van der Waals surface area contributed by atoms with Gasteiger partial charge >= 0.3 is 0 Å². The molecule has 0 nitrogen and oxygen atoms in total. The molecular formula is C14H12Cl4. The van der Waals surface area contributed by atoms with Gasteiger partial charge < -0.3 is 0 Å². The van der Waals surface area contributed by atoms with Gasteiger partial charge in [-0.1, -0.05) is 57.5 Å². The summed E-state index contributed by atoms with van der Waals surface area (Å²) in [7, 11) is 0. The molecule has 2 aliphatic rings. The number of hydrogen-bond donors (Lipinski definition) is 0. The van der Waals surface area contributed by atoms with E-state index in [0.717, 1.165) is 24.0 Å². The van der Waals surface area contributed by atoms with E-state index in [1.54, 1.807) is 0 Å². The van der Waals surface area contributed by atoms with Crippen LogP contribution in [-0.2, 0) is 0 Å². The molecule has 96 valence electrons. The van der Waals surface area contributed by atoms with E-state index in [1.165, 1.54) is 11.1 Å². The Balaban J connectivity index is 2.36. The molecule has 0 aliphatic heterocycles. The van der Waals surface area contributed by atoms with E-state index in [-0.39, 0.29) is 0 Å². The van der Waals surface area contributed by atoms with E-state index in [9.17, 15) is 0 Å². The zero-order valence-electron chi connectivity index (χ0n) is 10.1. The Morgan fingerprint density at radius 1 is 0.778 bits per heavy atom. The first-order chi connectivity index (χ1) is 8.45. The van der Waals surface area contributed by atoms with Crippen molar-refractivity contribution < 1.29 is 0 Å². The number of rotatable bonds is 0. The van der Waals surface area contributed by atoms with Gasteiger partial charge in [0, 0.05) is 11.8 Å². The molecule has 0 aromatic heterocycles. The molecule has 2 aliphatic carbocycles. The molecule has 1 aromatic rings. The SMILES string of the molecule is CC(C)=C1[C@H]2CC[C@H]1c1c(Cl)c(Cl)c(Cl)c(Cl)c12. The second kappa shape index (κ2) is 4.31. The van der Waals surface area contributed by atoms with Crippen molar-refractivity contribution in [3.05, 3.63) is 42.4 Å². The van der Waals surface area contributed by atoms with Crippen molar-refractivity contribution in [2.45, 2.75) is 38.5 Å². The lowest BCUT2D eigenvalue weighted by molar-refractivity contribution is 0.718. The summed E-state index contributed by atoms with van der Waals surface area (Å²) in [6, 6.07) is 0. The zero-order valence-corrected chi connectivity index (χ0v) is 13.1. The summed E-state index contributed by atoms with van der Waals surface area (Å²) in [5, 5.41) is 1.96. The van der Waals surface area contributed by atoms with E-state index < -0.39 is 0 Å². The van der Waals surface area contributed by atoms with Crippen LogP contribution in [0.1, 0.15) is 49.7 Å². The molecule has 0 unspecified atom stereocenters. The molecule has 1 fully saturated rings. The zero-order chi connectivity index (χ0) is 13.2. The topological polar surface area (TPSA) is 0 Å². The lowest BCUT2D eigenvalue weighted by Gasteiger charge is -2.19. The third-order valence-electron chi connectivity index (χ3n) is 4.11. The molecule has 0 spiro atoms. The van der Waals surface area contributed by atoms with Gasteiger partial charge in [0.05, 0.1) is 20.1 Å². The van der Waals surface area contributed by atoms with Crippen LogP contribution in [0.25, 0.3) is 0 Å².